The molecule has 2 N–H and O–H groups in total. The number of ether oxygens (including phenoxy) is 1. The van der Waals surface area contributed by atoms with Crippen molar-refractivity contribution >= 4 is 11.9 Å². The maximum Gasteiger partial charge on any atom is 0.490 e. The molecule has 5 rings (SSSR count). The van der Waals surface area contributed by atoms with Crippen LogP contribution < -0.4 is 5.32 Å². The van der Waals surface area contributed by atoms with Crippen LogP contribution in [0.1, 0.15) is 40.2 Å². The number of carboxylic acids is 1. The minimum absolute atomic E-state index is 0.0658. The molecule has 38 heavy (non-hydrogen) atoms. The highest BCUT2D eigenvalue weighted by Crippen LogP contribution is 2.40. The molecule has 4 heterocycles. The lowest BCUT2D eigenvalue weighted by atomic mass is 9.80. The number of rotatable bonds is 5. The maximum absolute atomic E-state index is 10.6. The van der Waals surface area contributed by atoms with Gasteiger partial charge in [0.25, 0.3) is 0 Å². The van der Waals surface area contributed by atoms with Crippen molar-refractivity contribution < 1.29 is 27.8 Å². The number of anilines is 1. The molecule has 0 radical (unpaired) electrons. The van der Waals surface area contributed by atoms with Gasteiger partial charge in [0, 0.05) is 49.7 Å². The number of benzene rings is 1. The fourth-order valence-corrected chi connectivity index (χ4v) is 4.93. The summed E-state index contributed by atoms with van der Waals surface area (Å²) >= 11 is 0. The van der Waals surface area contributed by atoms with E-state index in [2.05, 4.69) is 58.4 Å². The van der Waals surface area contributed by atoms with Crippen molar-refractivity contribution in [1.29, 1.82) is 0 Å². The van der Waals surface area contributed by atoms with E-state index in [0.29, 0.717) is 12.6 Å². The van der Waals surface area contributed by atoms with Gasteiger partial charge in [0.15, 0.2) is 0 Å². The normalized spacial score (nSPS) is 19.1. The second-order valence-corrected chi connectivity index (χ2v) is 9.72. The minimum atomic E-state index is -5.08. The number of carbonyl (C=O) groups is 1. The highest BCUT2D eigenvalue weighted by molar-refractivity contribution is 5.73. The first-order chi connectivity index (χ1) is 18.0. The number of hydrogen-bond acceptors (Lipinski definition) is 7. The number of carboxylic acid groups (broad SMARTS) is 1. The summed E-state index contributed by atoms with van der Waals surface area (Å²) in [6.07, 6.45) is -2.10. The summed E-state index contributed by atoms with van der Waals surface area (Å²) in [5.74, 6) is -2.06. The molecule has 2 aliphatic heterocycles. The predicted molar refractivity (Wildman–Crippen MR) is 133 cm³/mol. The van der Waals surface area contributed by atoms with Gasteiger partial charge in [-0.25, -0.2) is 14.8 Å². The number of likely N-dealkylation sites (tertiary alicyclic amines) is 1. The molecule has 0 amide bonds. The molecule has 12 heteroatoms. The first-order valence-electron chi connectivity index (χ1n) is 12.2. The standard InChI is InChI=1S/C24H30N6O.C2HF3O2/c1-17-21(18(2)29(3)28-17)13-30-10-9-24(15-30)16-31-14-20-12-26-23(27-22(20)24)25-11-19-7-5-4-6-8-19;3-2(4,5)1(6)7/h4-8,12H,9-11,13-16H2,1-3H3,(H,25,26,27);(H,6,7). The van der Waals surface area contributed by atoms with Gasteiger partial charge < -0.3 is 15.2 Å². The predicted octanol–water partition coefficient (Wildman–Crippen LogP) is 3.75. The zero-order valence-electron chi connectivity index (χ0n) is 21.5. The van der Waals surface area contributed by atoms with Crippen molar-refractivity contribution in [2.24, 2.45) is 7.05 Å². The highest BCUT2D eigenvalue weighted by atomic mass is 19.4. The van der Waals surface area contributed by atoms with Gasteiger partial charge in [0.1, 0.15) is 0 Å². The van der Waals surface area contributed by atoms with E-state index in [1.165, 1.54) is 16.8 Å². The van der Waals surface area contributed by atoms with Crippen molar-refractivity contribution in [1.82, 2.24) is 24.6 Å². The topological polar surface area (TPSA) is 105 Å². The van der Waals surface area contributed by atoms with E-state index in [1.54, 1.807) is 0 Å². The first kappa shape index (κ1) is 27.5. The first-order valence-corrected chi connectivity index (χ1v) is 12.2. The molecule has 2 aromatic heterocycles. The Morgan fingerprint density at radius 3 is 2.58 bits per heavy atom. The molecule has 204 valence electrons. The monoisotopic (exact) mass is 532 g/mol. The Hall–Kier alpha value is -3.51. The third kappa shape index (κ3) is 6.13. The van der Waals surface area contributed by atoms with E-state index >= 15 is 0 Å². The van der Waals surface area contributed by atoms with Crippen LogP contribution >= 0.6 is 0 Å². The fourth-order valence-electron chi connectivity index (χ4n) is 4.93. The van der Waals surface area contributed by atoms with Crippen molar-refractivity contribution in [2.45, 2.75) is 51.6 Å². The lowest BCUT2D eigenvalue weighted by Gasteiger charge is -2.34. The number of halogens is 3. The molecule has 0 bridgehead atoms. The van der Waals surface area contributed by atoms with Gasteiger partial charge in [0.05, 0.1) is 30.0 Å². The summed E-state index contributed by atoms with van der Waals surface area (Å²) in [5.41, 5.74) is 7.13. The Bertz CT molecular complexity index is 1280. The second kappa shape index (κ2) is 11.1. The van der Waals surface area contributed by atoms with Crippen LogP contribution in [0.4, 0.5) is 19.1 Å². The fraction of sp³-hybridized carbons (Fsp3) is 0.462. The number of aliphatic carboxylic acids is 1. The lowest BCUT2D eigenvalue weighted by molar-refractivity contribution is -0.192. The molecule has 1 saturated heterocycles. The number of nitrogens with one attached hydrogen (secondary N) is 1. The molecule has 1 aromatic carbocycles. The van der Waals surface area contributed by atoms with Gasteiger partial charge in [-0.2, -0.15) is 18.3 Å². The lowest BCUT2D eigenvalue weighted by Crippen LogP contribution is -2.40. The molecular formula is C26H31F3N6O3. The molecule has 1 unspecified atom stereocenters. The third-order valence-corrected chi connectivity index (χ3v) is 7.01. The molecule has 1 spiro atoms. The van der Waals surface area contributed by atoms with Crippen LogP contribution in [0.2, 0.25) is 0 Å². The Morgan fingerprint density at radius 1 is 1.24 bits per heavy atom. The summed E-state index contributed by atoms with van der Waals surface area (Å²) in [6, 6.07) is 10.4. The van der Waals surface area contributed by atoms with Gasteiger partial charge in [-0.15, -0.1) is 0 Å². The SMILES string of the molecule is Cc1nn(C)c(C)c1CN1CCC2(COCc3cnc(NCc4ccccc4)nc32)C1.O=C(O)C(F)(F)F. The quantitative estimate of drug-likeness (QED) is 0.512. The van der Waals surface area contributed by atoms with Crippen molar-refractivity contribution in [2.75, 3.05) is 25.0 Å². The largest absolute Gasteiger partial charge is 0.490 e. The second-order valence-electron chi connectivity index (χ2n) is 9.72. The van der Waals surface area contributed by atoms with Crippen LogP contribution in [0.25, 0.3) is 0 Å². The van der Waals surface area contributed by atoms with E-state index in [4.69, 9.17) is 19.6 Å². The Kier molecular flexibility index (Phi) is 8.02. The summed E-state index contributed by atoms with van der Waals surface area (Å²) in [6.45, 7) is 9.19. The Balaban J connectivity index is 0.000000426. The van der Waals surface area contributed by atoms with Crippen molar-refractivity contribution in [3.63, 3.8) is 0 Å². The zero-order valence-corrected chi connectivity index (χ0v) is 21.5. The van der Waals surface area contributed by atoms with Gasteiger partial charge in [0.2, 0.25) is 5.95 Å². The summed E-state index contributed by atoms with van der Waals surface area (Å²) in [7, 11) is 2.02. The van der Waals surface area contributed by atoms with Gasteiger partial charge >= 0.3 is 12.1 Å². The number of nitrogens with zero attached hydrogens (tertiary/aromatic N) is 5. The number of aryl methyl sites for hydroxylation is 2. The van der Waals surface area contributed by atoms with E-state index < -0.39 is 12.1 Å². The molecule has 1 fully saturated rings. The average molecular weight is 533 g/mol. The Morgan fingerprint density at radius 2 is 1.95 bits per heavy atom. The van der Waals surface area contributed by atoms with Crippen molar-refractivity contribution in [3.8, 4) is 0 Å². The molecule has 3 aromatic rings. The smallest absolute Gasteiger partial charge is 0.475 e. The number of alkyl halides is 3. The average Bonchev–Trinajstić information content (AvgIpc) is 3.39. The zero-order chi connectivity index (χ0) is 27.5. The van der Waals surface area contributed by atoms with Crippen LogP contribution in [-0.2, 0) is 41.7 Å². The molecule has 1 atom stereocenters. The molecule has 0 saturated carbocycles. The van der Waals surface area contributed by atoms with Crippen LogP contribution in [-0.4, -0.2) is 61.6 Å². The molecule has 9 nitrogen and oxygen atoms in total. The van der Waals surface area contributed by atoms with Gasteiger partial charge in [-0.3, -0.25) is 9.58 Å². The van der Waals surface area contributed by atoms with E-state index in [9.17, 15) is 13.2 Å². The van der Waals surface area contributed by atoms with Crippen LogP contribution in [0.15, 0.2) is 36.5 Å². The van der Waals surface area contributed by atoms with Crippen LogP contribution in [0, 0.1) is 13.8 Å². The van der Waals surface area contributed by atoms with Crippen molar-refractivity contribution in [3.05, 3.63) is 70.3 Å². The maximum atomic E-state index is 10.6. The Labute approximate surface area is 218 Å². The van der Waals surface area contributed by atoms with Crippen LogP contribution in [0.3, 0.4) is 0 Å². The van der Waals surface area contributed by atoms with E-state index in [1.807, 2.05) is 24.0 Å². The highest BCUT2D eigenvalue weighted by Gasteiger charge is 2.45. The molecule has 0 aliphatic carbocycles. The minimum Gasteiger partial charge on any atom is -0.475 e. The molecular weight excluding hydrogens is 501 g/mol. The number of fused-ring (bicyclic) bond motifs is 2. The summed E-state index contributed by atoms with van der Waals surface area (Å²) in [4.78, 5) is 21.0. The van der Waals surface area contributed by atoms with Gasteiger partial charge in [-0.1, -0.05) is 30.3 Å². The number of aromatic nitrogens is 4. The van der Waals surface area contributed by atoms with E-state index in [0.717, 1.165) is 56.2 Å². The third-order valence-electron chi connectivity index (χ3n) is 7.01. The number of hydrogen-bond donors (Lipinski definition) is 2. The van der Waals surface area contributed by atoms with E-state index in [-0.39, 0.29) is 5.41 Å². The summed E-state index contributed by atoms with van der Waals surface area (Å²) < 4.78 is 39.7. The van der Waals surface area contributed by atoms with Crippen LogP contribution in [0.5, 0.6) is 0 Å². The van der Waals surface area contributed by atoms with Gasteiger partial charge in [-0.05, 0) is 32.4 Å². The molecule has 2 aliphatic rings. The summed E-state index contributed by atoms with van der Waals surface area (Å²) in [5, 5.41) is 15.1.